The largest absolute Gasteiger partial charge is 0.388 e. The van der Waals surface area contributed by atoms with Crippen LogP contribution in [0.2, 0.25) is 0 Å². The zero-order valence-electron chi connectivity index (χ0n) is 14.5. The maximum atomic E-state index is 9.39. The Hall–Kier alpha value is -2.70. The van der Waals surface area contributed by atoms with Gasteiger partial charge in [0.25, 0.3) is 0 Å². The number of aliphatic hydroxyl groups is 1. The van der Waals surface area contributed by atoms with Gasteiger partial charge in [-0.3, -0.25) is 4.99 Å². The van der Waals surface area contributed by atoms with Crippen LogP contribution in [0, 0.1) is 22.7 Å². The first-order chi connectivity index (χ1) is 11.2. The number of nitrogens with two attached hydrogens (primary N) is 1. The Morgan fingerprint density at radius 1 is 1.12 bits per heavy atom. The van der Waals surface area contributed by atoms with E-state index in [1.54, 1.807) is 0 Å². The summed E-state index contributed by atoms with van der Waals surface area (Å²) in [5, 5.41) is 27.6. The monoisotopic (exact) mass is 325 g/mol. The lowest BCUT2D eigenvalue weighted by atomic mass is 9.79. The quantitative estimate of drug-likeness (QED) is 0.615. The molecule has 0 saturated carbocycles. The predicted octanol–water partition coefficient (Wildman–Crippen LogP) is 2.17. The molecule has 0 aromatic heterocycles. The normalized spacial score (nSPS) is 12.9. The number of nitrogens with zero attached hydrogens (tertiary/aromatic N) is 4. The molecule has 126 valence electrons. The number of hydrogen-bond donors (Lipinski definition) is 2. The van der Waals surface area contributed by atoms with Crippen LogP contribution in [0.4, 0.5) is 0 Å². The standard InChI is InChI=1S/C18H23N5O/c1-17(2,10-19)14-5-13(8-22-12-23-16(21)9-24)6-15(7-14)18(3,4)11-20/h5-7,12,24H,8-9H2,1-4H3,(H2,21,22,23). The van der Waals surface area contributed by atoms with Crippen molar-refractivity contribution in [3.63, 3.8) is 0 Å². The fourth-order valence-corrected chi connectivity index (χ4v) is 1.94. The van der Waals surface area contributed by atoms with Crippen LogP contribution in [0.1, 0.15) is 44.4 Å². The first-order valence-electron chi connectivity index (χ1n) is 7.55. The average Bonchev–Trinajstić information content (AvgIpc) is 2.58. The van der Waals surface area contributed by atoms with E-state index in [1.807, 2.05) is 45.9 Å². The van der Waals surface area contributed by atoms with Crippen molar-refractivity contribution in [2.24, 2.45) is 15.7 Å². The van der Waals surface area contributed by atoms with E-state index >= 15 is 0 Å². The number of amidine groups is 1. The van der Waals surface area contributed by atoms with Gasteiger partial charge in [0.2, 0.25) is 0 Å². The molecule has 24 heavy (non-hydrogen) atoms. The number of aliphatic hydroxyl groups excluding tert-OH is 1. The molecule has 0 unspecified atom stereocenters. The predicted molar refractivity (Wildman–Crippen MR) is 94.6 cm³/mol. The minimum absolute atomic E-state index is 0.0874. The summed E-state index contributed by atoms with van der Waals surface area (Å²) in [6.45, 7) is 7.37. The summed E-state index contributed by atoms with van der Waals surface area (Å²) in [4.78, 5) is 7.94. The van der Waals surface area contributed by atoms with Crippen LogP contribution in [0.3, 0.4) is 0 Å². The number of rotatable bonds is 6. The van der Waals surface area contributed by atoms with Crippen molar-refractivity contribution in [3.05, 3.63) is 34.9 Å². The van der Waals surface area contributed by atoms with Gasteiger partial charge in [0, 0.05) is 0 Å². The Morgan fingerprint density at radius 2 is 1.62 bits per heavy atom. The highest BCUT2D eigenvalue weighted by molar-refractivity contribution is 5.88. The molecule has 0 aliphatic heterocycles. The molecule has 0 radical (unpaired) electrons. The second-order valence-corrected chi connectivity index (χ2v) is 6.63. The van der Waals surface area contributed by atoms with E-state index in [-0.39, 0.29) is 12.4 Å². The number of aliphatic imine (C=N–C) groups is 2. The molecule has 6 heteroatoms. The van der Waals surface area contributed by atoms with Gasteiger partial charge >= 0.3 is 0 Å². The Bertz CT molecular complexity index is 689. The maximum absolute atomic E-state index is 9.39. The molecule has 6 nitrogen and oxygen atoms in total. The lowest BCUT2D eigenvalue weighted by Gasteiger charge is -2.22. The second kappa shape index (κ2) is 7.72. The minimum Gasteiger partial charge on any atom is -0.388 e. The molecular weight excluding hydrogens is 302 g/mol. The first-order valence-corrected chi connectivity index (χ1v) is 7.55. The van der Waals surface area contributed by atoms with Gasteiger partial charge in [-0.2, -0.15) is 10.5 Å². The minimum atomic E-state index is -0.667. The van der Waals surface area contributed by atoms with Crippen LogP contribution >= 0.6 is 0 Å². The molecule has 1 aromatic rings. The van der Waals surface area contributed by atoms with Gasteiger partial charge in [0.05, 0.1) is 29.5 Å². The average molecular weight is 325 g/mol. The highest BCUT2D eigenvalue weighted by atomic mass is 16.3. The summed E-state index contributed by atoms with van der Waals surface area (Å²) in [7, 11) is 0. The molecule has 1 rings (SSSR count). The van der Waals surface area contributed by atoms with Gasteiger partial charge in [-0.25, -0.2) is 4.99 Å². The first kappa shape index (κ1) is 19.3. The zero-order valence-corrected chi connectivity index (χ0v) is 14.5. The zero-order chi connectivity index (χ0) is 18.4. The molecule has 0 aliphatic carbocycles. The summed E-state index contributed by atoms with van der Waals surface area (Å²) >= 11 is 0. The van der Waals surface area contributed by atoms with Crippen LogP contribution in [-0.4, -0.2) is 23.9 Å². The van der Waals surface area contributed by atoms with E-state index in [2.05, 4.69) is 22.1 Å². The van der Waals surface area contributed by atoms with E-state index in [9.17, 15) is 10.5 Å². The molecule has 0 amide bonds. The number of hydrogen-bond acceptors (Lipinski definition) is 4. The van der Waals surface area contributed by atoms with Crippen LogP contribution in [0.25, 0.3) is 0 Å². The second-order valence-electron chi connectivity index (χ2n) is 6.63. The van der Waals surface area contributed by atoms with Gasteiger partial charge in [-0.1, -0.05) is 18.2 Å². The molecule has 0 spiro atoms. The number of benzene rings is 1. The molecule has 1 aromatic carbocycles. The molecule has 0 saturated heterocycles. The molecule has 0 aliphatic rings. The van der Waals surface area contributed by atoms with E-state index in [0.717, 1.165) is 16.7 Å². The topological polar surface area (TPSA) is 119 Å². The van der Waals surface area contributed by atoms with E-state index < -0.39 is 10.8 Å². The molecule has 0 atom stereocenters. The Labute approximate surface area is 143 Å². The third-order valence-electron chi connectivity index (χ3n) is 3.74. The smallest absolute Gasteiger partial charge is 0.127 e. The van der Waals surface area contributed by atoms with E-state index in [4.69, 9.17) is 10.8 Å². The van der Waals surface area contributed by atoms with Gasteiger partial charge in [-0.15, -0.1) is 0 Å². The van der Waals surface area contributed by atoms with Gasteiger partial charge in [0.15, 0.2) is 0 Å². The Morgan fingerprint density at radius 3 is 2.04 bits per heavy atom. The fraction of sp³-hybridized carbons (Fsp3) is 0.444. The van der Waals surface area contributed by atoms with Crippen LogP contribution in [0.15, 0.2) is 28.2 Å². The summed E-state index contributed by atoms with van der Waals surface area (Å²) in [5.41, 5.74) is 6.62. The van der Waals surface area contributed by atoms with Crippen LogP contribution < -0.4 is 5.73 Å². The van der Waals surface area contributed by atoms with Crippen molar-refractivity contribution < 1.29 is 5.11 Å². The van der Waals surface area contributed by atoms with Crippen molar-refractivity contribution in [1.82, 2.24) is 0 Å². The van der Waals surface area contributed by atoms with Crippen molar-refractivity contribution in [3.8, 4) is 12.1 Å². The third-order valence-corrected chi connectivity index (χ3v) is 3.74. The van der Waals surface area contributed by atoms with Crippen molar-refractivity contribution >= 4 is 12.2 Å². The Kier molecular flexibility index (Phi) is 6.22. The van der Waals surface area contributed by atoms with Gasteiger partial charge < -0.3 is 10.8 Å². The number of nitriles is 2. The molecular formula is C18H23N5O. The molecule has 3 N–H and O–H groups in total. The fourth-order valence-electron chi connectivity index (χ4n) is 1.94. The Balaban J connectivity index is 3.26. The molecule has 0 heterocycles. The van der Waals surface area contributed by atoms with Crippen molar-refractivity contribution in [2.45, 2.75) is 45.1 Å². The summed E-state index contributed by atoms with van der Waals surface area (Å²) in [5.74, 6) is 0.0874. The summed E-state index contributed by atoms with van der Waals surface area (Å²) in [6, 6.07) is 10.3. The summed E-state index contributed by atoms with van der Waals surface area (Å²) < 4.78 is 0. The highest BCUT2D eigenvalue weighted by Crippen LogP contribution is 2.30. The van der Waals surface area contributed by atoms with Crippen LogP contribution in [-0.2, 0) is 17.4 Å². The maximum Gasteiger partial charge on any atom is 0.127 e. The summed E-state index contributed by atoms with van der Waals surface area (Å²) in [6.07, 6.45) is 1.29. The lowest BCUT2D eigenvalue weighted by Crippen LogP contribution is -2.19. The van der Waals surface area contributed by atoms with Crippen molar-refractivity contribution in [1.29, 1.82) is 10.5 Å². The van der Waals surface area contributed by atoms with E-state index in [1.165, 1.54) is 6.34 Å². The van der Waals surface area contributed by atoms with Gasteiger partial charge in [-0.05, 0) is 44.4 Å². The lowest BCUT2D eigenvalue weighted by molar-refractivity contribution is 0.356. The third kappa shape index (κ3) is 4.91. The molecule has 0 fully saturated rings. The van der Waals surface area contributed by atoms with Crippen LogP contribution in [0.5, 0.6) is 0 Å². The van der Waals surface area contributed by atoms with Crippen molar-refractivity contribution in [2.75, 3.05) is 6.61 Å². The highest BCUT2D eigenvalue weighted by Gasteiger charge is 2.25. The van der Waals surface area contributed by atoms with Gasteiger partial charge in [0.1, 0.15) is 18.8 Å². The molecule has 0 bridgehead atoms. The van der Waals surface area contributed by atoms with E-state index in [0.29, 0.717) is 6.54 Å². The SMILES string of the molecule is CC(C)(C#N)c1cc(CN=CN=C(N)CO)cc(C(C)(C)C#N)c1.